The third-order valence-corrected chi connectivity index (χ3v) is 4.60. The zero-order valence-electron chi connectivity index (χ0n) is 9.46. The molecule has 0 radical (unpaired) electrons. The predicted molar refractivity (Wildman–Crippen MR) is 70.6 cm³/mol. The minimum Gasteiger partial charge on any atom is -0.357 e. The highest BCUT2D eigenvalue weighted by molar-refractivity contribution is 8.03. The average Bonchev–Trinajstić information content (AvgIpc) is 2.29. The Morgan fingerprint density at radius 3 is 2.69 bits per heavy atom. The molecular weight excluding hydrogens is 214 g/mol. The van der Waals surface area contributed by atoms with Gasteiger partial charge in [-0.25, -0.2) is 0 Å². The van der Waals surface area contributed by atoms with E-state index in [4.69, 9.17) is 0 Å². The Hall–Kier alpha value is -0.890. The van der Waals surface area contributed by atoms with Gasteiger partial charge >= 0.3 is 0 Å². The maximum atomic E-state index is 3.63. The first-order valence-electron chi connectivity index (χ1n) is 6.19. The van der Waals surface area contributed by atoms with Crippen LogP contribution in [-0.4, -0.2) is 0 Å². The Kier molecular flexibility index (Phi) is 2.92. The van der Waals surface area contributed by atoms with Crippen LogP contribution in [0.4, 0.5) is 5.69 Å². The van der Waals surface area contributed by atoms with Gasteiger partial charge in [0.15, 0.2) is 0 Å². The second-order valence-corrected chi connectivity index (χ2v) is 5.68. The van der Waals surface area contributed by atoms with Crippen molar-refractivity contribution in [1.82, 2.24) is 0 Å². The van der Waals surface area contributed by atoms with Crippen LogP contribution in [0.2, 0.25) is 0 Å². The van der Waals surface area contributed by atoms with Gasteiger partial charge in [-0.15, -0.1) is 0 Å². The predicted octanol–water partition coefficient (Wildman–Crippen LogP) is 4.77. The smallest absolute Gasteiger partial charge is 0.0523 e. The van der Waals surface area contributed by atoms with Crippen molar-refractivity contribution in [2.45, 2.75) is 43.4 Å². The van der Waals surface area contributed by atoms with Crippen LogP contribution in [0.1, 0.15) is 38.5 Å². The van der Waals surface area contributed by atoms with Gasteiger partial charge in [0.05, 0.1) is 5.69 Å². The van der Waals surface area contributed by atoms with Crippen molar-refractivity contribution in [2.24, 2.45) is 0 Å². The Morgan fingerprint density at radius 1 is 0.938 bits per heavy atom. The van der Waals surface area contributed by atoms with E-state index in [0.717, 1.165) is 0 Å². The first-order chi connectivity index (χ1) is 7.93. The van der Waals surface area contributed by atoms with Gasteiger partial charge in [-0.2, -0.15) is 0 Å². The Balaban J connectivity index is 1.90. The largest absolute Gasteiger partial charge is 0.357 e. The van der Waals surface area contributed by atoms with Crippen molar-refractivity contribution in [2.75, 3.05) is 5.32 Å². The Bertz CT molecular complexity index is 383. The summed E-state index contributed by atoms with van der Waals surface area (Å²) in [6.07, 6.45) is 7.99. The molecule has 1 heterocycles. The second kappa shape index (κ2) is 4.54. The monoisotopic (exact) mass is 231 g/mol. The van der Waals surface area contributed by atoms with E-state index in [2.05, 4.69) is 29.6 Å². The van der Waals surface area contributed by atoms with Crippen molar-refractivity contribution in [3.8, 4) is 0 Å². The van der Waals surface area contributed by atoms with Gasteiger partial charge in [0.1, 0.15) is 0 Å². The molecule has 1 N–H and O–H groups in total. The topological polar surface area (TPSA) is 12.0 Å². The van der Waals surface area contributed by atoms with E-state index >= 15 is 0 Å². The van der Waals surface area contributed by atoms with Crippen molar-refractivity contribution in [3.05, 3.63) is 34.9 Å². The third kappa shape index (κ3) is 1.99. The molecular formula is C14H17NS. The molecule has 1 aliphatic heterocycles. The molecule has 0 unspecified atom stereocenters. The molecule has 0 atom stereocenters. The van der Waals surface area contributed by atoms with E-state index in [1.165, 1.54) is 54.8 Å². The molecule has 0 fully saturated rings. The summed E-state index contributed by atoms with van der Waals surface area (Å²) in [6, 6.07) is 8.64. The number of anilines is 1. The number of hydrogen-bond acceptors (Lipinski definition) is 2. The lowest BCUT2D eigenvalue weighted by Crippen LogP contribution is -2.09. The van der Waals surface area contributed by atoms with E-state index < -0.39 is 0 Å². The van der Waals surface area contributed by atoms with Crippen molar-refractivity contribution in [1.29, 1.82) is 0 Å². The number of hydrogen-bond donors (Lipinski definition) is 1. The fourth-order valence-corrected chi connectivity index (χ4v) is 3.59. The third-order valence-electron chi connectivity index (χ3n) is 3.32. The minimum atomic E-state index is 1.23. The molecule has 0 saturated carbocycles. The lowest BCUT2D eigenvalue weighted by molar-refractivity contribution is 0.622. The Labute approximate surface area is 101 Å². The normalized spacial score (nSPS) is 20.2. The van der Waals surface area contributed by atoms with Gasteiger partial charge < -0.3 is 5.32 Å². The highest BCUT2D eigenvalue weighted by Crippen LogP contribution is 2.43. The van der Waals surface area contributed by atoms with E-state index in [-0.39, 0.29) is 0 Å². The number of para-hydroxylation sites is 1. The number of benzene rings is 1. The molecule has 1 nitrogen and oxygen atoms in total. The first kappa shape index (κ1) is 10.3. The summed E-state index contributed by atoms with van der Waals surface area (Å²) >= 11 is 1.98. The van der Waals surface area contributed by atoms with Gasteiger partial charge in [0.25, 0.3) is 0 Å². The van der Waals surface area contributed by atoms with E-state index in [1.54, 1.807) is 4.91 Å². The average molecular weight is 231 g/mol. The van der Waals surface area contributed by atoms with Crippen LogP contribution < -0.4 is 5.32 Å². The molecule has 2 aliphatic rings. The molecule has 16 heavy (non-hydrogen) atoms. The van der Waals surface area contributed by atoms with Crippen molar-refractivity contribution < 1.29 is 0 Å². The maximum absolute atomic E-state index is 3.63. The highest BCUT2D eigenvalue weighted by Gasteiger charge is 2.18. The van der Waals surface area contributed by atoms with Gasteiger partial charge in [0.2, 0.25) is 0 Å². The lowest BCUT2D eigenvalue weighted by Gasteiger charge is -2.25. The summed E-state index contributed by atoms with van der Waals surface area (Å²) in [5.74, 6) is 0. The van der Waals surface area contributed by atoms with E-state index in [1.807, 2.05) is 11.8 Å². The fraction of sp³-hybridized carbons (Fsp3) is 0.429. The molecule has 0 aromatic heterocycles. The number of rotatable bonds is 0. The summed E-state index contributed by atoms with van der Waals surface area (Å²) < 4.78 is 0. The van der Waals surface area contributed by atoms with Crippen LogP contribution in [0.5, 0.6) is 0 Å². The second-order valence-electron chi connectivity index (χ2n) is 4.54. The standard InChI is InChI=1S/C14H17NS/c1-2-4-9-13-11(7-3-1)15-12-8-5-6-10-14(12)16-13/h5-6,8,10,15H,1-4,7,9H2. The summed E-state index contributed by atoms with van der Waals surface area (Å²) in [4.78, 5) is 2.97. The molecule has 0 bridgehead atoms. The number of thioether (sulfide) groups is 1. The first-order valence-corrected chi connectivity index (χ1v) is 7.01. The van der Waals surface area contributed by atoms with Gasteiger partial charge in [-0.1, -0.05) is 36.7 Å². The van der Waals surface area contributed by atoms with Crippen LogP contribution in [0, 0.1) is 0 Å². The summed E-state index contributed by atoms with van der Waals surface area (Å²) in [5, 5.41) is 3.63. The molecule has 0 saturated heterocycles. The molecule has 1 aliphatic carbocycles. The highest BCUT2D eigenvalue weighted by atomic mass is 32.2. The van der Waals surface area contributed by atoms with Gasteiger partial charge in [-0.05, 0) is 37.8 Å². The number of allylic oxidation sites excluding steroid dienone is 2. The van der Waals surface area contributed by atoms with Gasteiger partial charge in [0, 0.05) is 15.5 Å². The minimum absolute atomic E-state index is 1.23. The van der Waals surface area contributed by atoms with Crippen LogP contribution in [0.25, 0.3) is 0 Å². The maximum Gasteiger partial charge on any atom is 0.0523 e. The molecule has 0 spiro atoms. The molecule has 3 rings (SSSR count). The quantitative estimate of drug-likeness (QED) is 0.690. The van der Waals surface area contributed by atoms with Crippen LogP contribution >= 0.6 is 11.8 Å². The summed E-state index contributed by atoms with van der Waals surface area (Å²) in [6.45, 7) is 0. The van der Waals surface area contributed by atoms with Crippen LogP contribution in [-0.2, 0) is 0 Å². The number of nitrogens with one attached hydrogen (secondary N) is 1. The van der Waals surface area contributed by atoms with Crippen LogP contribution in [0.3, 0.4) is 0 Å². The molecule has 1 aromatic rings. The molecule has 2 heteroatoms. The summed E-state index contributed by atoms with van der Waals surface area (Å²) in [5.41, 5.74) is 2.79. The summed E-state index contributed by atoms with van der Waals surface area (Å²) in [7, 11) is 0. The van der Waals surface area contributed by atoms with Crippen molar-refractivity contribution >= 4 is 17.4 Å². The molecule has 84 valence electrons. The molecule has 1 aromatic carbocycles. The lowest BCUT2D eigenvalue weighted by atomic mass is 10.0. The SMILES string of the molecule is c1ccc2c(c1)NC1=C(CCCCCC1)S2. The van der Waals surface area contributed by atoms with Crippen molar-refractivity contribution in [3.63, 3.8) is 0 Å². The molecule has 0 amide bonds. The van der Waals surface area contributed by atoms with E-state index in [9.17, 15) is 0 Å². The van der Waals surface area contributed by atoms with Gasteiger partial charge in [-0.3, -0.25) is 0 Å². The number of fused-ring (bicyclic) bond motifs is 1. The fourth-order valence-electron chi connectivity index (χ4n) is 2.43. The zero-order chi connectivity index (χ0) is 10.8. The Morgan fingerprint density at radius 2 is 1.75 bits per heavy atom. The zero-order valence-corrected chi connectivity index (χ0v) is 10.3. The van der Waals surface area contributed by atoms with Crippen LogP contribution in [0.15, 0.2) is 39.8 Å². The van der Waals surface area contributed by atoms with E-state index in [0.29, 0.717) is 0 Å².